The van der Waals surface area contributed by atoms with Crippen molar-refractivity contribution in [2.24, 2.45) is 0 Å². The number of hydrogen-bond donors (Lipinski definition) is 0. The molecular weight excluding hydrogens is 853 g/mol. The fraction of sp³-hybridized carbons (Fsp3) is 0. The van der Waals surface area contributed by atoms with E-state index in [9.17, 15) is 0 Å². The Morgan fingerprint density at radius 2 is 0.671 bits per heavy atom. The third-order valence-corrected chi connectivity index (χ3v) is 14.5. The molecule has 11 aromatic carbocycles. The molecule has 0 saturated heterocycles. The van der Waals surface area contributed by atoms with Gasteiger partial charge in [-0.3, -0.25) is 0 Å². The van der Waals surface area contributed by atoms with Crippen molar-refractivity contribution < 1.29 is 8.83 Å². The van der Waals surface area contributed by atoms with Gasteiger partial charge in [0.05, 0.1) is 27.8 Å². The number of aromatic nitrogens is 2. The molecule has 0 aliphatic carbocycles. The van der Waals surface area contributed by atoms with E-state index >= 15 is 0 Å². The van der Waals surface area contributed by atoms with E-state index in [0.717, 1.165) is 99.7 Å². The Bertz CT molecular complexity index is 4410. The first-order valence-corrected chi connectivity index (χ1v) is 23.9. The second kappa shape index (κ2) is 15.1. The van der Waals surface area contributed by atoms with Crippen LogP contribution in [0.1, 0.15) is 0 Å². The van der Waals surface area contributed by atoms with Crippen molar-refractivity contribution in [1.82, 2.24) is 9.13 Å². The lowest BCUT2D eigenvalue weighted by molar-refractivity contribution is 0.668. The first-order chi connectivity index (χ1) is 34.7. The van der Waals surface area contributed by atoms with Crippen LogP contribution < -0.4 is 0 Å². The van der Waals surface area contributed by atoms with Gasteiger partial charge >= 0.3 is 0 Å². The van der Waals surface area contributed by atoms with Crippen molar-refractivity contribution in [2.45, 2.75) is 0 Å². The van der Waals surface area contributed by atoms with Crippen molar-refractivity contribution in [1.29, 1.82) is 0 Å². The summed E-state index contributed by atoms with van der Waals surface area (Å²) in [5.74, 6) is 0. The predicted molar refractivity (Wildman–Crippen MR) is 291 cm³/mol. The zero-order chi connectivity index (χ0) is 45.9. The number of para-hydroxylation sites is 5. The summed E-state index contributed by atoms with van der Waals surface area (Å²) in [6.07, 6.45) is 0. The van der Waals surface area contributed by atoms with E-state index in [0.29, 0.717) is 0 Å². The van der Waals surface area contributed by atoms with Crippen molar-refractivity contribution in [3.05, 3.63) is 243 Å². The Labute approximate surface area is 402 Å². The highest BCUT2D eigenvalue weighted by atomic mass is 16.3. The highest BCUT2D eigenvalue weighted by molar-refractivity contribution is 6.16. The topological polar surface area (TPSA) is 36.1 Å². The average Bonchev–Trinajstić information content (AvgIpc) is 4.18. The minimum Gasteiger partial charge on any atom is -0.456 e. The highest BCUT2D eigenvalue weighted by Gasteiger charge is 2.20. The molecule has 4 nitrogen and oxygen atoms in total. The first kappa shape index (κ1) is 38.7. The molecular formula is C66H40N2O2. The summed E-state index contributed by atoms with van der Waals surface area (Å²) in [4.78, 5) is 0. The Hall–Kier alpha value is -9.38. The maximum Gasteiger partial charge on any atom is 0.135 e. The normalized spacial score (nSPS) is 12.0. The molecule has 0 fully saturated rings. The Kier molecular flexibility index (Phi) is 8.33. The van der Waals surface area contributed by atoms with Crippen molar-refractivity contribution in [2.75, 3.05) is 0 Å². The van der Waals surface area contributed by atoms with Crippen LogP contribution in [0.4, 0.5) is 0 Å². The molecule has 4 aromatic heterocycles. The third-order valence-electron chi connectivity index (χ3n) is 14.5. The quantitative estimate of drug-likeness (QED) is 0.167. The maximum atomic E-state index is 6.24. The zero-order valence-electron chi connectivity index (χ0n) is 37.8. The molecule has 0 aliphatic rings. The number of nitrogens with zero attached hydrogens (tertiary/aromatic N) is 2. The molecule has 0 atom stereocenters. The SMILES string of the molecule is c1ccc(-n2c3ccccc3c3c(-c4ccc(-c5ccccc5-n5c6ccc(-c7ccc8oc9ccccc9c8c7)cc6c6cc(-c7ccc8oc9ccccc9c8c7)ccc65)cc4)cccc32)cc1. The molecule has 326 valence electrons. The van der Waals surface area contributed by atoms with Gasteiger partial charge in [-0.15, -0.1) is 0 Å². The van der Waals surface area contributed by atoms with Crippen molar-refractivity contribution in [3.8, 4) is 55.9 Å². The summed E-state index contributed by atoms with van der Waals surface area (Å²) < 4.78 is 17.3. The number of benzene rings is 11. The summed E-state index contributed by atoms with van der Waals surface area (Å²) in [6.45, 7) is 0. The summed E-state index contributed by atoms with van der Waals surface area (Å²) in [7, 11) is 0. The van der Waals surface area contributed by atoms with Crippen LogP contribution in [0.15, 0.2) is 251 Å². The van der Waals surface area contributed by atoms with E-state index < -0.39 is 0 Å². The molecule has 4 heteroatoms. The van der Waals surface area contributed by atoms with Crippen LogP contribution in [-0.2, 0) is 0 Å². The summed E-state index contributed by atoms with van der Waals surface area (Å²) in [5.41, 5.74) is 19.9. The lowest BCUT2D eigenvalue weighted by Crippen LogP contribution is -1.97. The van der Waals surface area contributed by atoms with E-state index in [2.05, 4.69) is 228 Å². The molecule has 15 aromatic rings. The van der Waals surface area contributed by atoms with Gasteiger partial charge in [-0.05, 0) is 130 Å². The van der Waals surface area contributed by atoms with Gasteiger partial charge in [0.2, 0.25) is 0 Å². The Morgan fingerprint density at radius 3 is 1.30 bits per heavy atom. The average molecular weight is 893 g/mol. The molecule has 0 radical (unpaired) electrons. The molecule has 0 unspecified atom stereocenters. The van der Waals surface area contributed by atoms with Gasteiger partial charge in [0, 0.05) is 54.3 Å². The summed E-state index contributed by atoms with van der Waals surface area (Å²) >= 11 is 0. The minimum atomic E-state index is 0.895. The third kappa shape index (κ3) is 5.84. The monoisotopic (exact) mass is 892 g/mol. The second-order valence-electron chi connectivity index (χ2n) is 18.4. The number of hydrogen-bond acceptors (Lipinski definition) is 2. The number of fused-ring (bicyclic) bond motifs is 12. The van der Waals surface area contributed by atoms with E-state index in [1.54, 1.807) is 0 Å². The van der Waals surface area contributed by atoms with Crippen LogP contribution >= 0.6 is 0 Å². The van der Waals surface area contributed by atoms with Crippen molar-refractivity contribution >= 4 is 87.5 Å². The zero-order valence-corrected chi connectivity index (χ0v) is 37.8. The first-order valence-electron chi connectivity index (χ1n) is 23.9. The Balaban J connectivity index is 0.893. The van der Waals surface area contributed by atoms with Crippen LogP contribution in [0.3, 0.4) is 0 Å². The van der Waals surface area contributed by atoms with Gasteiger partial charge in [-0.2, -0.15) is 0 Å². The van der Waals surface area contributed by atoms with Crippen LogP contribution in [0, 0.1) is 0 Å². The summed E-state index contributed by atoms with van der Waals surface area (Å²) in [5, 5.41) is 9.38. The molecule has 0 bridgehead atoms. The fourth-order valence-corrected chi connectivity index (χ4v) is 11.3. The van der Waals surface area contributed by atoms with Gasteiger partial charge in [-0.25, -0.2) is 0 Å². The standard InChI is InChI=1S/C66H40N2O2/c1-2-13-47(14-3-1)67-58-21-9-5-18-52(58)66-49(19-12-22-61(66)67)42-27-25-41(26-28-42)48-15-4-8-20-57(48)68-59-33-29-43(45-31-35-64-55(39-45)50-16-6-10-23-62(50)69-64)37-53(59)54-38-44(30-34-60(54)68)46-32-36-65-56(40-46)51-17-7-11-24-63(51)70-65/h1-40H. The molecule has 0 amide bonds. The fourth-order valence-electron chi connectivity index (χ4n) is 11.3. The van der Waals surface area contributed by atoms with Crippen LogP contribution in [0.2, 0.25) is 0 Å². The highest BCUT2D eigenvalue weighted by Crippen LogP contribution is 2.43. The molecule has 0 N–H and O–H groups in total. The van der Waals surface area contributed by atoms with E-state index in [1.807, 2.05) is 24.3 Å². The molecule has 0 saturated carbocycles. The van der Waals surface area contributed by atoms with E-state index in [1.165, 1.54) is 43.7 Å². The van der Waals surface area contributed by atoms with Gasteiger partial charge in [0.15, 0.2) is 0 Å². The molecule has 4 heterocycles. The van der Waals surface area contributed by atoms with Crippen LogP contribution in [0.5, 0.6) is 0 Å². The largest absolute Gasteiger partial charge is 0.456 e. The van der Waals surface area contributed by atoms with E-state index in [4.69, 9.17) is 8.83 Å². The van der Waals surface area contributed by atoms with Gasteiger partial charge in [0.1, 0.15) is 22.3 Å². The summed E-state index contributed by atoms with van der Waals surface area (Å²) in [6, 6.07) is 87.7. The minimum absolute atomic E-state index is 0.895. The van der Waals surface area contributed by atoms with Crippen LogP contribution in [-0.4, -0.2) is 9.13 Å². The number of furan rings is 2. The maximum absolute atomic E-state index is 6.24. The molecule has 0 spiro atoms. The van der Waals surface area contributed by atoms with Gasteiger partial charge in [-0.1, -0.05) is 152 Å². The predicted octanol–water partition coefficient (Wildman–Crippen LogP) is 18.3. The Morgan fingerprint density at radius 1 is 0.243 bits per heavy atom. The molecule has 0 aliphatic heterocycles. The van der Waals surface area contributed by atoms with Gasteiger partial charge < -0.3 is 18.0 Å². The van der Waals surface area contributed by atoms with E-state index in [-0.39, 0.29) is 0 Å². The van der Waals surface area contributed by atoms with Crippen molar-refractivity contribution in [3.63, 3.8) is 0 Å². The van der Waals surface area contributed by atoms with Gasteiger partial charge in [0.25, 0.3) is 0 Å². The smallest absolute Gasteiger partial charge is 0.135 e. The van der Waals surface area contributed by atoms with Crippen LogP contribution in [0.25, 0.3) is 143 Å². The molecule has 15 rings (SSSR count). The molecule has 70 heavy (non-hydrogen) atoms. The number of rotatable bonds is 6. The lowest BCUT2D eigenvalue weighted by Gasteiger charge is -2.15. The lowest BCUT2D eigenvalue weighted by atomic mass is 9.96. The second-order valence-corrected chi connectivity index (χ2v) is 18.4.